The third-order valence-electron chi connectivity index (χ3n) is 17.2. The van der Waals surface area contributed by atoms with Crippen molar-refractivity contribution in [2.45, 2.75) is 111 Å². The second-order valence-electron chi connectivity index (χ2n) is 24.6. The molecule has 4 heterocycles. The highest BCUT2D eigenvalue weighted by atomic mass is 35.5. The van der Waals surface area contributed by atoms with Gasteiger partial charge in [0, 0.05) is 105 Å². The largest absolute Gasteiger partial charge is 0.501 e. The number of benzene rings is 4. The Morgan fingerprint density at radius 2 is 1.43 bits per heavy atom. The highest BCUT2D eigenvalue weighted by Crippen LogP contribution is 2.45. The predicted molar refractivity (Wildman–Crippen MR) is 326 cm³/mol. The minimum Gasteiger partial charge on any atom is -0.444 e. The molecule has 0 saturated carbocycles. The zero-order valence-corrected chi connectivity index (χ0v) is 51.9. The van der Waals surface area contributed by atoms with Crippen molar-refractivity contribution in [2.24, 2.45) is 17.3 Å². The van der Waals surface area contributed by atoms with Gasteiger partial charge in [-0.1, -0.05) is 54.4 Å². The van der Waals surface area contributed by atoms with Gasteiger partial charge in [-0.3, -0.25) is 14.6 Å². The van der Waals surface area contributed by atoms with Gasteiger partial charge in [0.1, 0.15) is 10.5 Å². The molecule has 4 aliphatic heterocycles. The number of alkyl halides is 3. The maximum Gasteiger partial charge on any atom is 0.501 e. The maximum atomic E-state index is 14.3. The number of likely N-dealkylation sites (tertiary alicyclic amines) is 2. The number of nitrogens with one attached hydrogen (secondary N) is 2. The number of morpholine rings is 1. The summed E-state index contributed by atoms with van der Waals surface area (Å²) in [6.45, 7) is 19.8. The van der Waals surface area contributed by atoms with E-state index in [1.807, 2.05) is 72.9 Å². The Bertz CT molecular complexity index is 3140. The number of piperazine rings is 1. The number of piperidine rings is 2. The van der Waals surface area contributed by atoms with Crippen molar-refractivity contribution in [2.75, 3.05) is 114 Å². The Kier molecular flexibility index (Phi) is 20.8. The summed E-state index contributed by atoms with van der Waals surface area (Å²) < 4.78 is 110. The number of anilines is 2. The van der Waals surface area contributed by atoms with Crippen molar-refractivity contribution < 1.29 is 49.1 Å². The number of hydrogen-bond donors (Lipinski definition) is 2. The van der Waals surface area contributed by atoms with E-state index in [4.69, 9.17) is 21.1 Å². The van der Waals surface area contributed by atoms with Crippen LogP contribution in [-0.2, 0) is 29.3 Å². The first-order chi connectivity index (χ1) is 39.9. The number of sulfonamides is 1. The molecule has 2 unspecified atom stereocenters. The zero-order chi connectivity index (χ0) is 59.9. The van der Waals surface area contributed by atoms with Crippen LogP contribution in [-0.4, -0.2) is 170 Å². The Balaban J connectivity index is 0.804. The molecule has 4 saturated heterocycles. The average Bonchev–Trinajstić information content (AvgIpc) is 3.51. The lowest BCUT2D eigenvalue weighted by Gasteiger charge is -2.45. The minimum atomic E-state index is -6.08. The topological polar surface area (TPSA) is 161 Å². The van der Waals surface area contributed by atoms with Gasteiger partial charge in [-0.2, -0.15) is 13.2 Å². The lowest BCUT2D eigenvalue weighted by atomic mass is 9.70. The van der Waals surface area contributed by atoms with Crippen molar-refractivity contribution in [1.82, 2.24) is 24.3 Å². The molecule has 22 heteroatoms. The van der Waals surface area contributed by atoms with E-state index >= 15 is 0 Å². The number of sulfone groups is 1. The van der Waals surface area contributed by atoms with E-state index in [9.17, 15) is 39.6 Å². The van der Waals surface area contributed by atoms with Crippen LogP contribution < -0.4 is 14.9 Å². The molecule has 0 aromatic heterocycles. The number of hydrogen-bond acceptors (Lipinski definition) is 14. The normalized spacial score (nSPS) is 21.1. The lowest BCUT2D eigenvalue weighted by molar-refractivity contribution is -0.0436. The lowest BCUT2D eigenvalue weighted by Crippen LogP contribution is -2.48. The van der Waals surface area contributed by atoms with Crippen LogP contribution in [0.4, 0.5) is 29.3 Å². The molecule has 15 nitrogen and oxygen atoms in total. The van der Waals surface area contributed by atoms with Crippen molar-refractivity contribution in [3.05, 3.63) is 119 Å². The van der Waals surface area contributed by atoms with Crippen LogP contribution >= 0.6 is 23.4 Å². The Labute approximate surface area is 504 Å². The number of carbonyl (C=O) groups is 2. The molecule has 2 atom stereocenters. The van der Waals surface area contributed by atoms with Crippen LogP contribution in [0.15, 0.2) is 117 Å². The first-order valence-corrected chi connectivity index (χ1v) is 33.7. The van der Waals surface area contributed by atoms with Crippen molar-refractivity contribution in [3.63, 3.8) is 0 Å². The van der Waals surface area contributed by atoms with Crippen LogP contribution in [0.3, 0.4) is 0 Å². The highest BCUT2D eigenvalue weighted by Gasteiger charge is 2.49. The summed E-state index contributed by atoms with van der Waals surface area (Å²) in [5.41, 5.74) is -1.65. The predicted octanol–water partition coefficient (Wildman–Crippen LogP) is 11.2. The first kappa shape index (κ1) is 63.6. The number of amides is 2. The number of allylic oxidation sites excluding steroid dienone is 1. The quantitative estimate of drug-likeness (QED) is 0.0853. The maximum absolute atomic E-state index is 14.3. The smallest absolute Gasteiger partial charge is 0.444 e. The summed E-state index contributed by atoms with van der Waals surface area (Å²) in [6.07, 6.45) is 7.74. The summed E-state index contributed by atoms with van der Waals surface area (Å²) in [7, 11) is -11.0. The third-order valence-corrected chi connectivity index (χ3v) is 21.4. The number of ether oxygens (including phenoxy) is 2. The van der Waals surface area contributed by atoms with Crippen molar-refractivity contribution >= 4 is 72.2 Å². The zero-order valence-electron chi connectivity index (χ0n) is 48.7. The fourth-order valence-corrected chi connectivity index (χ4v) is 15.7. The number of rotatable bonds is 19. The van der Waals surface area contributed by atoms with Gasteiger partial charge >= 0.3 is 11.6 Å². The van der Waals surface area contributed by atoms with Gasteiger partial charge in [-0.05, 0) is 180 Å². The van der Waals surface area contributed by atoms with Gasteiger partial charge in [-0.25, -0.2) is 26.4 Å². The van der Waals surface area contributed by atoms with Gasteiger partial charge < -0.3 is 29.5 Å². The monoisotopic (exact) mass is 1240 g/mol. The van der Waals surface area contributed by atoms with E-state index in [0.29, 0.717) is 81.0 Å². The van der Waals surface area contributed by atoms with Crippen LogP contribution in [0.2, 0.25) is 5.02 Å². The summed E-state index contributed by atoms with van der Waals surface area (Å²) in [5.74, 6) is 0.647. The molecule has 4 fully saturated rings. The molecule has 4 aromatic carbocycles. The molecule has 84 heavy (non-hydrogen) atoms. The molecular formula is C62H81ClF3N7O8S3. The Morgan fingerprint density at radius 3 is 2.06 bits per heavy atom. The van der Waals surface area contributed by atoms with E-state index in [-0.39, 0.29) is 17.1 Å². The molecule has 1 aliphatic carbocycles. The summed E-state index contributed by atoms with van der Waals surface area (Å²) >= 11 is 7.82. The van der Waals surface area contributed by atoms with Gasteiger partial charge in [0.2, 0.25) is 0 Å². The third kappa shape index (κ3) is 16.8. The van der Waals surface area contributed by atoms with Gasteiger partial charge in [0.25, 0.3) is 25.8 Å². The van der Waals surface area contributed by atoms with E-state index in [0.717, 1.165) is 107 Å². The van der Waals surface area contributed by atoms with E-state index in [2.05, 4.69) is 44.0 Å². The molecule has 0 bridgehead atoms. The molecule has 0 spiro atoms. The van der Waals surface area contributed by atoms with Gasteiger partial charge in [0.15, 0.2) is 0 Å². The first-order valence-electron chi connectivity index (χ1n) is 29.4. The molecular weight excluding hydrogens is 1160 g/mol. The summed E-state index contributed by atoms with van der Waals surface area (Å²) in [5, 5.41) is 3.72. The SMILES string of the molecule is CC1(CN2CCC(C3CCN(C(=O)OC(C)(C)C)CC3)CC2)CCC(c2ccc(Cl)cc2)=C(CN2CCN(c3ccc(C(=O)NS(=O)(=O)c4ccc(NC(CCN5CCOCC5)CSc5ccccc5)c(S(=O)(=O)C(F)(F)F)c4)cc3)CC2)C1. The second-order valence-corrected chi connectivity index (χ2v) is 29.7. The second kappa shape index (κ2) is 27.4. The molecule has 2 amide bonds. The number of carbonyl (C=O) groups excluding carboxylic acids is 2. The van der Waals surface area contributed by atoms with E-state index < -0.39 is 58.4 Å². The van der Waals surface area contributed by atoms with Crippen LogP contribution in [0.1, 0.15) is 95.0 Å². The fourth-order valence-electron chi connectivity index (χ4n) is 12.5. The average molecular weight is 1240 g/mol. The standard InChI is InChI=1S/C62H81ClF3N7O8S3/c1-60(2,3)81-59(75)73-30-23-46(24-31-73)45-21-27-71(28-22-45)44-61(4)26-20-55(47-10-14-50(63)15-11-47)49(41-61)42-70-32-34-72(35-33-70)52-16-12-48(13-17-52)58(74)68-84(78,79)54-18-19-56(57(40-54)83(76,77)62(64,65)66)67-51(25-29-69-36-38-80-39-37-69)43-82-53-8-6-5-7-9-53/h5-19,40,45-46,51,67H,20-39,41-44H2,1-4H3,(H,68,74). The Hall–Kier alpha value is -4.87. The van der Waals surface area contributed by atoms with E-state index in [1.165, 1.54) is 53.4 Å². The number of thioether (sulfide) groups is 1. The molecule has 4 aromatic rings. The molecule has 5 aliphatic rings. The van der Waals surface area contributed by atoms with Crippen molar-refractivity contribution in [3.8, 4) is 0 Å². The van der Waals surface area contributed by atoms with Crippen LogP contribution in [0, 0.1) is 17.3 Å². The minimum absolute atomic E-state index is 0.00906. The molecule has 458 valence electrons. The molecule has 9 rings (SSSR count). The van der Waals surface area contributed by atoms with Gasteiger partial charge in [-0.15, -0.1) is 11.8 Å². The fraction of sp³-hybridized carbons (Fsp3) is 0.548. The number of halogens is 4. The Morgan fingerprint density at radius 1 is 0.786 bits per heavy atom. The summed E-state index contributed by atoms with van der Waals surface area (Å²) in [4.78, 5) is 36.5. The molecule has 0 radical (unpaired) electrons. The van der Waals surface area contributed by atoms with Crippen molar-refractivity contribution in [1.29, 1.82) is 0 Å². The summed E-state index contributed by atoms with van der Waals surface area (Å²) in [6, 6.07) is 26.0. The highest BCUT2D eigenvalue weighted by molar-refractivity contribution is 7.99. The van der Waals surface area contributed by atoms with Crippen LogP contribution in [0.5, 0.6) is 0 Å². The van der Waals surface area contributed by atoms with Crippen LogP contribution in [0.25, 0.3) is 5.57 Å². The molecule has 2 N–H and O–H groups in total. The van der Waals surface area contributed by atoms with E-state index in [1.54, 1.807) is 12.1 Å². The number of nitrogens with zero attached hydrogens (tertiary/aromatic N) is 5. The van der Waals surface area contributed by atoms with Gasteiger partial charge in [0.05, 0.1) is 23.8 Å².